The second-order valence-corrected chi connectivity index (χ2v) is 3.15. The molecule has 2 amide bonds. The second-order valence-electron chi connectivity index (χ2n) is 3.15. The van der Waals surface area contributed by atoms with Crippen molar-refractivity contribution in [1.82, 2.24) is 10.2 Å². The topological polar surface area (TPSA) is 52.6 Å². The van der Waals surface area contributed by atoms with Crippen molar-refractivity contribution in [3.8, 4) is 0 Å². The molecule has 0 aliphatic rings. The van der Waals surface area contributed by atoms with Crippen LogP contribution in [0, 0.1) is 0 Å². The molecule has 0 aromatic carbocycles. The number of aliphatic hydroxyl groups is 1. The van der Waals surface area contributed by atoms with Gasteiger partial charge in [-0.1, -0.05) is 13.3 Å². The normalized spacial score (nSPS) is 10.5. The van der Waals surface area contributed by atoms with Crippen LogP contribution in [0.1, 0.15) is 19.8 Å². The summed E-state index contributed by atoms with van der Waals surface area (Å²) in [5.41, 5.74) is 0. The van der Waals surface area contributed by atoms with Gasteiger partial charge in [0.2, 0.25) is 0 Å². The van der Waals surface area contributed by atoms with Crippen molar-refractivity contribution in [2.45, 2.75) is 26.2 Å². The largest absolute Gasteiger partial charge is 0.395 e. The number of nitrogens with zero attached hydrogens (tertiary/aromatic N) is 1. The Morgan fingerprint density at radius 3 is 2.67 bits per heavy atom. The van der Waals surface area contributed by atoms with Gasteiger partial charge in [0.05, 0.1) is 13.2 Å². The lowest BCUT2D eigenvalue weighted by Gasteiger charge is -2.21. The van der Waals surface area contributed by atoms with Crippen LogP contribution in [0.4, 0.5) is 13.6 Å². The van der Waals surface area contributed by atoms with Crippen molar-refractivity contribution in [3.63, 3.8) is 0 Å². The molecule has 0 bridgehead atoms. The lowest BCUT2D eigenvalue weighted by molar-refractivity contribution is 0.0903. The van der Waals surface area contributed by atoms with Crippen molar-refractivity contribution in [2.75, 3.05) is 26.2 Å². The van der Waals surface area contributed by atoms with Crippen LogP contribution in [0.2, 0.25) is 0 Å². The minimum Gasteiger partial charge on any atom is -0.395 e. The monoisotopic (exact) mass is 224 g/mol. The quantitative estimate of drug-likeness (QED) is 0.635. The van der Waals surface area contributed by atoms with E-state index in [1.165, 1.54) is 0 Å². The number of carbonyl (C=O) groups is 1. The molecule has 4 nitrogen and oxygen atoms in total. The van der Waals surface area contributed by atoms with Crippen molar-refractivity contribution < 1.29 is 18.7 Å². The number of carbonyl (C=O) groups excluding carboxylic acids is 1. The predicted octanol–water partition coefficient (Wildman–Crippen LogP) is 1.06. The molecule has 0 rings (SSSR count). The molecule has 0 heterocycles. The van der Waals surface area contributed by atoms with E-state index in [4.69, 9.17) is 5.11 Å². The average molecular weight is 224 g/mol. The van der Waals surface area contributed by atoms with Crippen molar-refractivity contribution in [3.05, 3.63) is 0 Å². The third-order valence-electron chi connectivity index (χ3n) is 1.82. The number of halogens is 2. The summed E-state index contributed by atoms with van der Waals surface area (Å²) in [5.74, 6) is 0. The molecule has 0 saturated carbocycles. The smallest absolute Gasteiger partial charge is 0.317 e. The first kappa shape index (κ1) is 14.1. The second kappa shape index (κ2) is 8.40. The minimum atomic E-state index is -2.58. The van der Waals surface area contributed by atoms with Crippen LogP contribution < -0.4 is 5.32 Å². The van der Waals surface area contributed by atoms with Crippen LogP contribution >= 0.6 is 0 Å². The van der Waals surface area contributed by atoms with Gasteiger partial charge in [0.1, 0.15) is 0 Å². The Kier molecular flexibility index (Phi) is 7.89. The summed E-state index contributed by atoms with van der Waals surface area (Å²) in [6.45, 7) is 1.42. The van der Waals surface area contributed by atoms with Gasteiger partial charge in [0.25, 0.3) is 6.43 Å². The highest BCUT2D eigenvalue weighted by atomic mass is 19.3. The number of nitrogens with one attached hydrogen (secondary N) is 1. The molecule has 6 heteroatoms. The van der Waals surface area contributed by atoms with E-state index >= 15 is 0 Å². The van der Waals surface area contributed by atoms with Gasteiger partial charge >= 0.3 is 6.03 Å². The highest BCUT2D eigenvalue weighted by Crippen LogP contribution is 1.98. The highest BCUT2D eigenvalue weighted by Gasteiger charge is 2.16. The Bertz CT molecular complexity index is 179. The summed E-state index contributed by atoms with van der Waals surface area (Å²) in [6.07, 6.45) is -0.837. The fourth-order valence-electron chi connectivity index (χ4n) is 1.05. The molecular formula is C9H18F2N2O2. The van der Waals surface area contributed by atoms with Crippen molar-refractivity contribution in [2.24, 2.45) is 0 Å². The van der Waals surface area contributed by atoms with Gasteiger partial charge in [-0.3, -0.25) is 0 Å². The summed E-state index contributed by atoms with van der Waals surface area (Å²) in [5, 5.41) is 11.1. The van der Waals surface area contributed by atoms with E-state index in [1.807, 2.05) is 6.92 Å². The Hall–Kier alpha value is -0.910. The number of alkyl halides is 2. The fourth-order valence-corrected chi connectivity index (χ4v) is 1.05. The van der Waals surface area contributed by atoms with E-state index in [1.54, 1.807) is 0 Å². The molecule has 0 aromatic heterocycles. The zero-order valence-electron chi connectivity index (χ0n) is 8.88. The molecule has 0 aliphatic carbocycles. The van der Waals surface area contributed by atoms with E-state index in [0.29, 0.717) is 6.54 Å². The van der Waals surface area contributed by atoms with Gasteiger partial charge in [-0.05, 0) is 6.42 Å². The van der Waals surface area contributed by atoms with E-state index in [-0.39, 0.29) is 13.2 Å². The average Bonchev–Trinajstić information content (AvgIpc) is 2.17. The SMILES string of the molecule is CCCCNC(=O)N(CCO)CC(F)F. The molecule has 0 aromatic rings. The lowest BCUT2D eigenvalue weighted by Crippen LogP contribution is -2.44. The molecule has 90 valence electrons. The van der Waals surface area contributed by atoms with Gasteiger partial charge in [-0.15, -0.1) is 0 Å². The maximum atomic E-state index is 12.1. The molecule has 0 atom stereocenters. The first-order valence-electron chi connectivity index (χ1n) is 5.03. The fraction of sp³-hybridized carbons (Fsp3) is 0.889. The van der Waals surface area contributed by atoms with Crippen LogP contribution in [0.15, 0.2) is 0 Å². The van der Waals surface area contributed by atoms with Crippen LogP contribution in [0.3, 0.4) is 0 Å². The number of rotatable bonds is 7. The molecular weight excluding hydrogens is 206 g/mol. The van der Waals surface area contributed by atoms with Crippen LogP contribution in [-0.2, 0) is 0 Å². The molecule has 15 heavy (non-hydrogen) atoms. The number of urea groups is 1. The summed E-state index contributed by atoms with van der Waals surface area (Å²) >= 11 is 0. The number of amides is 2. The number of unbranched alkanes of at least 4 members (excludes halogenated alkanes) is 1. The summed E-state index contributed by atoms with van der Waals surface area (Å²) in [6, 6.07) is -0.544. The van der Waals surface area contributed by atoms with Gasteiger partial charge in [0.15, 0.2) is 0 Å². The first-order chi connectivity index (χ1) is 7.11. The summed E-state index contributed by atoms with van der Waals surface area (Å²) in [7, 11) is 0. The third kappa shape index (κ3) is 7.07. The van der Waals surface area contributed by atoms with Crippen LogP contribution in [0.5, 0.6) is 0 Å². The number of hydrogen-bond donors (Lipinski definition) is 2. The van der Waals surface area contributed by atoms with E-state index in [2.05, 4.69) is 5.32 Å². The molecule has 0 spiro atoms. The van der Waals surface area contributed by atoms with E-state index < -0.39 is 19.0 Å². The first-order valence-corrected chi connectivity index (χ1v) is 5.03. The Morgan fingerprint density at radius 2 is 2.20 bits per heavy atom. The molecule has 2 N–H and O–H groups in total. The third-order valence-corrected chi connectivity index (χ3v) is 1.82. The Balaban J connectivity index is 3.92. The van der Waals surface area contributed by atoms with Gasteiger partial charge in [0, 0.05) is 13.1 Å². The lowest BCUT2D eigenvalue weighted by atomic mass is 10.3. The van der Waals surface area contributed by atoms with Crippen LogP contribution in [0.25, 0.3) is 0 Å². The zero-order valence-corrected chi connectivity index (χ0v) is 8.88. The van der Waals surface area contributed by atoms with E-state index in [9.17, 15) is 13.6 Å². The highest BCUT2D eigenvalue weighted by molar-refractivity contribution is 5.74. The molecule has 0 unspecified atom stereocenters. The van der Waals surface area contributed by atoms with Crippen LogP contribution in [-0.4, -0.2) is 48.7 Å². The van der Waals surface area contributed by atoms with E-state index in [0.717, 1.165) is 17.7 Å². The Morgan fingerprint density at radius 1 is 1.53 bits per heavy atom. The van der Waals surface area contributed by atoms with Gasteiger partial charge in [-0.25, -0.2) is 13.6 Å². The molecule has 0 saturated heterocycles. The van der Waals surface area contributed by atoms with Crippen molar-refractivity contribution in [1.29, 1.82) is 0 Å². The number of hydrogen-bond acceptors (Lipinski definition) is 2. The predicted molar refractivity (Wildman–Crippen MR) is 53.0 cm³/mol. The maximum Gasteiger partial charge on any atom is 0.317 e. The number of aliphatic hydroxyl groups excluding tert-OH is 1. The molecule has 0 fully saturated rings. The van der Waals surface area contributed by atoms with Crippen molar-refractivity contribution >= 4 is 6.03 Å². The van der Waals surface area contributed by atoms with Gasteiger partial charge < -0.3 is 15.3 Å². The minimum absolute atomic E-state index is 0.0672. The van der Waals surface area contributed by atoms with Gasteiger partial charge in [-0.2, -0.15) is 0 Å². The summed E-state index contributed by atoms with van der Waals surface area (Å²) in [4.78, 5) is 12.2. The standard InChI is InChI=1S/C9H18F2N2O2/c1-2-3-4-12-9(15)13(5-6-14)7-8(10)11/h8,14H,2-7H2,1H3,(H,12,15). The maximum absolute atomic E-state index is 12.1. The summed E-state index contributed by atoms with van der Waals surface area (Å²) < 4.78 is 24.1. The molecule has 0 aliphatic heterocycles. The Labute approximate surface area is 88.3 Å². The molecule has 0 radical (unpaired) electrons. The zero-order chi connectivity index (χ0) is 11.7.